The molecule has 0 heterocycles. The Balaban J connectivity index is 4.58. The predicted octanol–water partition coefficient (Wildman–Crippen LogP) is 4.22. The number of rotatable bonds is 2. The van der Waals surface area contributed by atoms with Crippen molar-refractivity contribution >= 4 is 28.9 Å². The van der Waals surface area contributed by atoms with Crippen molar-refractivity contribution in [1.29, 1.82) is 0 Å². The second kappa shape index (κ2) is 4.79. The average Bonchev–Trinajstić information content (AvgIpc) is 1.96. The third kappa shape index (κ3) is 10.1. The molecule has 0 aliphatic carbocycles. The molecule has 0 aromatic heterocycles. The van der Waals surface area contributed by atoms with Crippen LogP contribution in [0.2, 0.25) is 0 Å². The van der Waals surface area contributed by atoms with Crippen LogP contribution in [0, 0.1) is 0 Å². The molecule has 0 aliphatic heterocycles. The summed E-state index contributed by atoms with van der Waals surface area (Å²) < 4.78 is 69.8. The van der Waals surface area contributed by atoms with Crippen molar-refractivity contribution in [3.05, 3.63) is 23.6 Å². The summed E-state index contributed by atoms with van der Waals surface area (Å²) in [7, 11) is 0. The van der Waals surface area contributed by atoms with Gasteiger partial charge < -0.3 is 0 Å². The minimum atomic E-state index is -4.64. The van der Waals surface area contributed by atoms with Gasteiger partial charge in [0.25, 0.3) is 6.69 Å². The van der Waals surface area contributed by atoms with E-state index in [1.54, 1.807) is 0 Å². The molecule has 0 rings (SSSR count). The number of halogens is 8. The van der Waals surface area contributed by atoms with Gasteiger partial charge in [0.1, 0.15) is 0 Å². The smallest absolute Gasteiger partial charge is 0.167 e. The van der Waals surface area contributed by atoms with Crippen LogP contribution in [-0.2, 0) is 0 Å². The van der Waals surface area contributed by atoms with Crippen molar-refractivity contribution < 1.29 is 26.3 Å². The van der Waals surface area contributed by atoms with Crippen molar-refractivity contribution in [1.82, 2.24) is 0 Å². The average molecular weight is 289 g/mol. The maximum absolute atomic E-state index is 11.6. The van der Waals surface area contributed by atoms with E-state index in [0.717, 1.165) is 0 Å². The van der Waals surface area contributed by atoms with Crippen LogP contribution in [0.1, 0.15) is 0 Å². The van der Waals surface area contributed by atoms with Gasteiger partial charge in [0.05, 0.1) is 0 Å². The molecule has 0 atom stereocenters. The summed E-state index contributed by atoms with van der Waals surface area (Å²) in [5, 5.41) is 0. The molecule has 0 unspecified atom stereocenters. The Kier molecular flexibility index (Phi) is 4.75. The molecule has 0 saturated carbocycles. The first kappa shape index (κ1) is 14.9. The summed E-state index contributed by atoms with van der Waals surface area (Å²) in [5.74, 6) is 0. The fourth-order valence-corrected chi connectivity index (χ4v) is 2.16. The maximum Gasteiger partial charge on any atom is 0.409 e. The Morgan fingerprint density at radius 1 is 0.733 bits per heavy atom. The van der Waals surface area contributed by atoms with E-state index in [-0.39, 0.29) is 12.2 Å². The van der Waals surface area contributed by atoms with Gasteiger partial charge in [-0.25, -0.2) is 0 Å². The van der Waals surface area contributed by atoms with Gasteiger partial charge in [-0.05, 0) is 0 Å². The van der Waals surface area contributed by atoms with Gasteiger partial charge in [0.15, 0.2) is 0 Å². The number of allylic oxidation sites excluding steroid dienone is 2. The first-order valence-corrected chi connectivity index (χ1v) is 7.51. The highest BCUT2D eigenvalue weighted by molar-refractivity contribution is 7.49. The Labute approximate surface area is 91.6 Å². The lowest BCUT2D eigenvalue weighted by atomic mass is 10.6. The molecule has 0 bridgehead atoms. The summed E-state index contributed by atoms with van der Waals surface area (Å²) in [6.07, 6.45) is -9.85. The van der Waals surface area contributed by atoms with Gasteiger partial charge in [-0.1, -0.05) is 11.4 Å². The lowest BCUT2D eigenvalue weighted by molar-refractivity contribution is -0.0804. The Hall–Kier alpha value is -0.143. The molecular weight excluding hydrogens is 285 g/mol. The standard InChI is InChI=1S/C6H4Cl2F6Si/c7-15(8,3-1-5(9,10)11)4-2-6(12,13)14/h1-4H. The topological polar surface area (TPSA) is 0 Å². The second-order valence-corrected chi connectivity index (χ2v) is 8.77. The molecule has 0 aliphatic rings. The van der Waals surface area contributed by atoms with Crippen molar-refractivity contribution in [2.75, 3.05) is 0 Å². The third-order valence-corrected chi connectivity index (χ3v) is 3.72. The minimum Gasteiger partial charge on any atom is -0.167 e. The molecule has 0 aromatic rings. The Morgan fingerprint density at radius 3 is 1.20 bits per heavy atom. The highest BCUT2D eigenvalue weighted by atomic mass is 35.7. The van der Waals surface area contributed by atoms with Gasteiger partial charge in [0.2, 0.25) is 0 Å². The minimum absolute atomic E-state index is 0.278. The molecule has 0 amide bonds. The summed E-state index contributed by atoms with van der Waals surface area (Å²) in [4.78, 5) is 0. The van der Waals surface area contributed by atoms with E-state index in [0.29, 0.717) is 11.4 Å². The monoisotopic (exact) mass is 288 g/mol. The van der Waals surface area contributed by atoms with Crippen LogP contribution >= 0.6 is 22.2 Å². The van der Waals surface area contributed by atoms with E-state index in [9.17, 15) is 26.3 Å². The van der Waals surface area contributed by atoms with Crippen LogP contribution in [0.15, 0.2) is 23.6 Å². The maximum atomic E-state index is 11.6. The van der Waals surface area contributed by atoms with Gasteiger partial charge >= 0.3 is 12.4 Å². The summed E-state index contributed by atoms with van der Waals surface area (Å²) in [6, 6.07) is 0. The summed E-state index contributed by atoms with van der Waals surface area (Å²) >= 11 is 10.6. The van der Waals surface area contributed by atoms with E-state index < -0.39 is 19.0 Å². The van der Waals surface area contributed by atoms with Crippen LogP contribution in [-0.4, -0.2) is 19.0 Å². The molecule has 88 valence electrons. The van der Waals surface area contributed by atoms with Crippen LogP contribution in [0.3, 0.4) is 0 Å². The Bertz CT molecular complexity index is 238. The normalized spacial score (nSPS) is 15.5. The van der Waals surface area contributed by atoms with Crippen molar-refractivity contribution in [2.45, 2.75) is 12.4 Å². The predicted molar refractivity (Wildman–Crippen MR) is 47.9 cm³/mol. The van der Waals surface area contributed by atoms with Gasteiger partial charge in [0, 0.05) is 12.2 Å². The quantitative estimate of drug-likeness (QED) is 0.405. The SMILES string of the molecule is FC(F)(F)C=C[Si](Cl)(Cl)C=CC(F)(F)F. The number of hydrogen-bond donors (Lipinski definition) is 0. The van der Waals surface area contributed by atoms with E-state index in [1.807, 2.05) is 0 Å². The fourth-order valence-electron chi connectivity index (χ4n) is 0.467. The molecule has 0 saturated heterocycles. The van der Waals surface area contributed by atoms with Crippen molar-refractivity contribution in [3.8, 4) is 0 Å². The van der Waals surface area contributed by atoms with Gasteiger partial charge in [-0.2, -0.15) is 26.3 Å². The van der Waals surface area contributed by atoms with Crippen LogP contribution in [0.5, 0.6) is 0 Å². The zero-order valence-electron chi connectivity index (χ0n) is 6.83. The Morgan fingerprint density at radius 2 is 1.00 bits per heavy atom. The molecule has 0 nitrogen and oxygen atoms in total. The highest BCUT2D eigenvalue weighted by Crippen LogP contribution is 2.25. The molecule has 0 fully saturated rings. The molecule has 0 N–H and O–H groups in total. The summed E-state index contributed by atoms with van der Waals surface area (Å²) in [6.45, 7) is -3.78. The van der Waals surface area contributed by atoms with E-state index in [1.165, 1.54) is 0 Å². The number of alkyl halides is 6. The van der Waals surface area contributed by atoms with E-state index in [2.05, 4.69) is 0 Å². The second-order valence-electron chi connectivity index (χ2n) is 2.42. The lowest BCUT2D eigenvalue weighted by Crippen LogP contribution is -2.16. The lowest BCUT2D eigenvalue weighted by Gasteiger charge is -2.07. The molecule has 0 aromatic carbocycles. The first-order valence-electron chi connectivity index (χ1n) is 3.33. The molecule has 9 heteroatoms. The largest absolute Gasteiger partial charge is 0.409 e. The zero-order chi connectivity index (χ0) is 12.3. The van der Waals surface area contributed by atoms with Crippen LogP contribution in [0.25, 0.3) is 0 Å². The van der Waals surface area contributed by atoms with E-state index in [4.69, 9.17) is 22.2 Å². The summed E-state index contributed by atoms with van der Waals surface area (Å²) in [5.41, 5.74) is 0.691. The van der Waals surface area contributed by atoms with E-state index >= 15 is 0 Å². The zero-order valence-corrected chi connectivity index (χ0v) is 9.34. The molecular formula is C6H4Cl2F6Si. The molecule has 0 radical (unpaired) electrons. The van der Waals surface area contributed by atoms with Crippen LogP contribution in [0.4, 0.5) is 26.3 Å². The third-order valence-electron chi connectivity index (χ3n) is 0.989. The number of hydrogen-bond acceptors (Lipinski definition) is 0. The van der Waals surface area contributed by atoms with Gasteiger partial charge in [-0.3, -0.25) is 0 Å². The first-order chi connectivity index (χ1) is 6.41. The molecule has 15 heavy (non-hydrogen) atoms. The van der Waals surface area contributed by atoms with Crippen molar-refractivity contribution in [2.24, 2.45) is 0 Å². The fraction of sp³-hybridized carbons (Fsp3) is 0.333. The molecule has 0 spiro atoms. The van der Waals surface area contributed by atoms with Crippen molar-refractivity contribution in [3.63, 3.8) is 0 Å². The van der Waals surface area contributed by atoms with Crippen LogP contribution < -0.4 is 0 Å². The van der Waals surface area contributed by atoms with Gasteiger partial charge in [-0.15, -0.1) is 22.2 Å². The highest BCUT2D eigenvalue weighted by Gasteiger charge is 2.30.